The lowest BCUT2D eigenvalue weighted by atomic mass is 9.76. The number of rotatable bonds is 9. The van der Waals surface area contributed by atoms with Crippen molar-refractivity contribution in [1.82, 2.24) is 0 Å². The van der Waals surface area contributed by atoms with Crippen molar-refractivity contribution in [3.8, 4) is 0 Å². The van der Waals surface area contributed by atoms with Gasteiger partial charge in [0.25, 0.3) is 0 Å². The van der Waals surface area contributed by atoms with Gasteiger partial charge in [-0.3, -0.25) is 0 Å². The molecule has 0 fully saturated rings. The molecule has 0 bridgehead atoms. The molecule has 0 heterocycles. The average molecular weight is 519 g/mol. The highest BCUT2D eigenvalue weighted by atomic mass is 35.5. The van der Waals surface area contributed by atoms with Crippen LogP contribution >= 0.6 is 0 Å². The maximum absolute atomic E-state index is 13.1. The van der Waals surface area contributed by atoms with Crippen LogP contribution in [0.4, 0.5) is 5.69 Å². The Morgan fingerprint density at radius 2 is 1.68 bits per heavy atom. The Bertz CT molecular complexity index is 1260. The van der Waals surface area contributed by atoms with Gasteiger partial charge >= 0.3 is 5.97 Å². The van der Waals surface area contributed by atoms with Crippen LogP contribution < -0.4 is 17.3 Å². The molecule has 0 amide bonds. The fraction of sp³-hybridized carbons (Fsp3) is 0.375. The Morgan fingerprint density at radius 3 is 2.35 bits per heavy atom. The molecule has 5 heteroatoms. The molecule has 0 aliphatic heterocycles. The van der Waals surface area contributed by atoms with E-state index in [4.69, 9.17) is 4.74 Å². The average Bonchev–Trinajstić information content (AvgIpc) is 2.91. The van der Waals surface area contributed by atoms with E-state index < -0.39 is 0 Å². The topological polar surface area (TPSA) is 32.6 Å². The van der Waals surface area contributed by atoms with Crippen LogP contribution in [-0.2, 0) is 11.2 Å². The second kappa shape index (κ2) is 12.9. The van der Waals surface area contributed by atoms with Crippen LogP contribution in [0.25, 0.3) is 5.57 Å². The van der Waals surface area contributed by atoms with Gasteiger partial charge in [0.15, 0.2) is 5.71 Å². The summed E-state index contributed by atoms with van der Waals surface area (Å²) in [6.45, 7) is 15.1. The van der Waals surface area contributed by atoms with Crippen molar-refractivity contribution in [3.05, 3.63) is 94.1 Å². The van der Waals surface area contributed by atoms with Crippen LogP contribution in [0.3, 0.4) is 0 Å². The van der Waals surface area contributed by atoms with E-state index in [-0.39, 0.29) is 18.4 Å². The second-order valence-electron chi connectivity index (χ2n) is 9.26. The summed E-state index contributed by atoms with van der Waals surface area (Å²) < 4.78 is 7.97. The molecular weight excluding hydrogens is 480 g/mol. The lowest BCUT2D eigenvalue weighted by molar-refractivity contribution is -0.519. The molecule has 4 rings (SSSR count). The third-order valence-electron chi connectivity index (χ3n) is 7.21. The summed E-state index contributed by atoms with van der Waals surface area (Å²) >= 11 is 0. The van der Waals surface area contributed by atoms with Crippen LogP contribution in [-0.4, -0.2) is 49.0 Å². The molecule has 37 heavy (non-hydrogen) atoms. The van der Waals surface area contributed by atoms with Gasteiger partial charge in [0.05, 0.1) is 12.2 Å². The molecular formula is C32H39ClN2O2. The minimum absolute atomic E-state index is 0. The summed E-state index contributed by atoms with van der Waals surface area (Å²) in [6.07, 6.45) is 8.49. The van der Waals surface area contributed by atoms with E-state index in [1.165, 1.54) is 33.7 Å². The molecule has 0 unspecified atom stereocenters. The largest absolute Gasteiger partial charge is 1.00 e. The van der Waals surface area contributed by atoms with Crippen LogP contribution in [0.5, 0.6) is 0 Å². The molecule has 0 saturated heterocycles. The van der Waals surface area contributed by atoms with Crippen molar-refractivity contribution in [2.24, 2.45) is 0 Å². The molecule has 2 aliphatic carbocycles. The zero-order chi connectivity index (χ0) is 25.7. The summed E-state index contributed by atoms with van der Waals surface area (Å²) in [4.78, 5) is 15.5. The van der Waals surface area contributed by atoms with Crippen molar-refractivity contribution in [2.45, 2.75) is 47.5 Å². The van der Waals surface area contributed by atoms with Crippen LogP contribution in [0.15, 0.2) is 71.8 Å². The number of ether oxygens (including phenoxy) is 1. The summed E-state index contributed by atoms with van der Waals surface area (Å²) in [5.74, 6) is -0.256. The fourth-order valence-corrected chi connectivity index (χ4v) is 5.30. The Hall–Kier alpha value is -3.11. The summed E-state index contributed by atoms with van der Waals surface area (Å²) in [7, 11) is 0. The highest BCUT2D eigenvalue weighted by Gasteiger charge is 2.29. The van der Waals surface area contributed by atoms with E-state index in [2.05, 4.69) is 79.7 Å². The molecule has 2 aromatic carbocycles. The molecule has 0 saturated carbocycles. The smallest absolute Gasteiger partial charge is 0.338 e. The zero-order valence-electron chi connectivity index (χ0n) is 22.8. The van der Waals surface area contributed by atoms with Crippen molar-refractivity contribution < 1.29 is 26.5 Å². The van der Waals surface area contributed by atoms with Crippen molar-refractivity contribution in [1.29, 1.82) is 0 Å². The molecule has 0 spiro atoms. The maximum Gasteiger partial charge on any atom is 0.338 e. The first-order valence-electron chi connectivity index (χ1n) is 13.5. The first kappa shape index (κ1) is 28.5. The number of halogens is 1. The van der Waals surface area contributed by atoms with Gasteiger partial charge in [-0.1, -0.05) is 31.2 Å². The Kier molecular flexibility index (Phi) is 9.93. The van der Waals surface area contributed by atoms with Gasteiger partial charge in [0.1, 0.15) is 13.1 Å². The van der Waals surface area contributed by atoms with Gasteiger partial charge in [-0.2, -0.15) is 0 Å². The fourth-order valence-electron chi connectivity index (χ4n) is 5.30. The van der Waals surface area contributed by atoms with Gasteiger partial charge in [0.2, 0.25) is 0 Å². The predicted molar refractivity (Wildman–Crippen MR) is 150 cm³/mol. The Morgan fingerprint density at radius 1 is 0.946 bits per heavy atom. The SMILES string of the molecule is CCCOC(=O)c1ccccc1C1=C2C=CC(=[N+](CC)CC)C=C2Cc2cc(N(CC)CC)ccc21.[Cl-]. The monoisotopic (exact) mass is 518 g/mol. The van der Waals surface area contributed by atoms with Gasteiger partial charge in [-0.15, -0.1) is 0 Å². The summed E-state index contributed by atoms with van der Waals surface area (Å²) in [6, 6.07) is 14.7. The van der Waals surface area contributed by atoms with Gasteiger partial charge in [0, 0.05) is 30.9 Å². The highest BCUT2D eigenvalue weighted by molar-refractivity contribution is 6.07. The number of carbonyl (C=O) groups excluding carboxylic acids is 1. The number of hydrogen-bond donors (Lipinski definition) is 0. The normalized spacial score (nSPS) is 13.9. The van der Waals surface area contributed by atoms with Gasteiger partial charge < -0.3 is 22.0 Å². The van der Waals surface area contributed by atoms with Crippen LogP contribution in [0, 0.1) is 0 Å². The molecule has 4 nitrogen and oxygen atoms in total. The van der Waals surface area contributed by atoms with Crippen LogP contribution in [0.2, 0.25) is 0 Å². The minimum Gasteiger partial charge on any atom is -1.00 e. The second-order valence-corrected chi connectivity index (χ2v) is 9.26. The number of benzene rings is 2. The quantitative estimate of drug-likeness (QED) is 0.376. The van der Waals surface area contributed by atoms with E-state index in [0.29, 0.717) is 12.2 Å². The summed E-state index contributed by atoms with van der Waals surface area (Å²) in [5.41, 5.74) is 10.2. The molecule has 2 aliphatic rings. The van der Waals surface area contributed by atoms with Crippen molar-refractivity contribution in [2.75, 3.05) is 37.7 Å². The number of fused-ring (bicyclic) bond motifs is 2. The zero-order valence-corrected chi connectivity index (χ0v) is 23.6. The Labute approximate surface area is 228 Å². The standard InChI is InChI=1S/C32H39N2O2.ClH/c1-6-19-36-32(35)30-14-12-11-13-29(30)31-27-17-15-25(33(7-2)8-3)21-23(27)20-24-22-26(16-18-28(24)31)34(9-4)10-5;/h11-18,21-22H,6-10,19-20H2,1-5H3;1H/q+1;/p-1. The number of allylic oxidation sites excluding steroid dienone is 5. The van der Waals surface area contributed by atoms with E-state index in [9.17, 15) is 4.79 Å². The predicted octanol–water partition coefficient (Wildman–Crippen LogP) is 3.45. The van der Waals surface area contributed by atoms with Crippen molar-refractivity contribution in [3.63, 3.8) is 0 Å². The minimum atomic E-state index is -0.256. The number of nitrogens with zero attached hydrogens (tertiary/aromatic N) is 2. The first-order valence-corrected chi connectivity index (χ1v) is 13.5. The molecule has 196 valence electrons. The first-order chi connectivity index (χ1) is 17.6. The molecule has 0 aromatic heterocycles. The molecule has 2 aromatic rings. The number of anilines is 1. The van der Waals surface area contributed by atoms with Gasteiger partial charge in [-0.25, -0.2) is 9.37 Å². The third kappa shape index (κ3) is 5.75. The number of carbonyl (C=O) groups is 1. The molecule has 0 atom stereocenters. The third-order valence-corrected chi connectivity index (χ3v) is 7.21. The van der Waals surface area contributed by atoms with E-state index in [1.54, 1.807) is 0 Å². The molecule has 0 radical (unpaired) electrons. The van der Waals surface area contributed by atoms with Crippen LogP contribution in [0.1, 0.15) is 68.1 Å². The number of esters is 1. The Balaban J connectivity index is 0.00000380. The lowest BCUT2D eigenvalue weighted by Crippen LogP contribution is -3.00. The van der Waals surface area contributed by atoms with E-state index in [0.717, 1.165) is 50.2 Å². The molecule has 0 N–H and O–H groups in total. The summed E-state index contributed by atoms with van der Waals surface area (Å²) in [5, 5.41) is 0. The van der Waals surface area contributed by atoms with Crippen molar-refractivity contribution >= 4 is 22.9 Å². The van der Waals surface area contributed by atoms with E-state index >= 15 is 0 Å². The lowest BCUT2D eigenvalue weighted by Gasteiger charge is -2.29. The highest BCUT2D eigenvalue weighted by Crippen LogP contribution is 2.42. The maximum atomic E-state index is 13.1. The number of hydrogen-bond acceptors (Lipinski definition) is 3. The van der Waals surface area contributed by atoms with Gasteiger partial charge in [-0.05, 0) is 98.2 Å². The van der Waals surface area contributed by atoms with E-state index in [1.807, 2.05) is 25.1 Å².